The molecule has 0 saturated carbocycles. The Bertz CT molecular complexity index is 1490. The van der Waals surface area contributed by atoms with Crippen LogP contribution in [0.3, 0.4) is 0 Å². The van der Waals surface area contributed by atoms with Crippen LogP contribution in [0.5, 0.6) is 11.5 Å². The van der Waals surface area contributed by atoms with E-state index in [4.69, 9.17) is 26.1 Å². The van der Waals surface area contributed by atoms with Crippen LogP contribution in [-0.4, -0.2) is 26.0 Å². The molecule has 1 aromatic heterocycles. The van der Waals surface area contributed by atoms with Crippen LogP contribution in [0.2, 0.25) is 5.02 Å². The Kier molecular flexibility index (Phi) is 6.16. The standard InChI is InChI=1S/C26H18BrClN2O3S/c1-32-18-11-10-15(21(14-18)33-2)12-20-26(31)30(17-7-5-6-16(27)13-17)25(29-20)24-23(28)19-8-3-4-9-22(19)34-24/h3-14H,1-2H3/b20-12+. The maximum atomic E-state index is 13.7. The van der Waals surface area contributed by atoms with E-state index < -0.39 is 0 Å². The quantitative estimate of drug-likeness (QED) is 0.246. The monoisotopic (exact) mass is 552 g/mol. The predicted octanol–water partition coefficient (Wildman–Crippen LogP) is 7.17. The van der Waals surface area contributed by atoms with Crippen LogP contribution >= 0.6 is 38.9 Å². The van der Waals surface area contributed by atoms with Crippen molar-refractivity contribution in [1.82, 2.24) is 0 Å². The average Bonchev–Trinajstić information content (AvgIpc) is 3.36. The number of hydrogen-bond acceptors (Lipinski definition) is 5. The Labute approximate surface area is 214 Å². The Morgan fingerprint density at radius 3 is 2.59 bits per heavy atom. The first-order chi connectivity index (χ1) is 16.5. The lowest BCUT2D eigenvalue weighted by molar-refractivity contribution is -0.113. The van der Waals surface area contributed by atoms with E-state index >= 15 is 0 Å². The summed E-state index contributed by atoms with van der Waals surface area (Å²) in [6, 6.07) is 20.8. The molecule has 0 saturated heterocycles. The zero-order valence-corrected chi connectivity index (χ0v) is 21.4. The summed E-state index contributed by atoms with van der Waals surface area (Å²) in [7, 11) is 3.17. The molecule has 5 nitrogen and oxygen atoms in total. The van der Waals surface area contributed by atoms with Crippen LogP contribution < -0.4 is 14.4 Å². The van der Waals surface area contributed by atoms with Crippen molar-refractivity contribution >= 4 is 72.5 Å². The van der Waals surface area contributed by atoms with Gasteiger partial charge in [-0.25, -0.2) is 4.99 Å². The number of fused-ring (bicyclic) bond motifs is 1. The zero-order chi connectivity index (χ0) is 23.8. The number of rotatable bonds is 5. The van der Waals surface area contributed by atoms with E-state index in [9.17, 15) is 4.79 Å². The molecule has 1 amide bonds. The van der Waals surface area contributed by atoms with Crippen molar-refractivity contribution in [3.8, 4) is 11.5 Å². The summed E-state index contributed by atoms with van der Waals surface area (Å²) in [5.74, 6) is 1.48. The summed E-state index contributed by atoms with van der Waals surface area (Å²) < 4.78 is 12.7. The van der Waals surface area contributed by atoms with Crippen molar-refractivity contribution < 1.29 is 14.3 Å². The van der Waals surface area contributed by atoms with E-state index in [0.717, 1.165) is 19.4 Å². The van der Waals surface area contributed by atoms with Gasteiger partial charge in [-0.3, -0.25) is 9.69 Å². The number of nitrogens with zero attached hydrogens (tertiary/aromatic N) is 2. The number of carbonyl (C=O) groups excluding carboxylic acids is 1. The number of hydrogen-bond donors (Lipinski definition) is 0. The van der Waals surface area contributed by atoms with Gasteiger partial charge in [-0.15, -0.1) is 11.3 Å². The Balaban J connectivity index is 1.69. The van der Waals surface area contributed by atoms with Crippen molar-refractivity contribution in [3.05, 3.63) is 92.4 Å². The molecule has 0 spiro atoms. The number of aliphatic imine (C=N–C) groups is 1. The summed E-state index contributed by atoms with van der Waals surface area (Å²) in [5, 5.41) is 1.51. The summed E-state index contributed by atoms with van der Waals surface area (Å²) in [6.07, 6.45) is 1.72. The first-order valence-electron chi connectivity index (χ1n) is 10.3. The van der Waals surface area contributed by atoms with Crippen LogP contribution in [0.1, 0.15) is 10.4 Å². The maximum Gasteiger partial charge on any atom is 0.282 e. The SMILES string of the molecule is COc1ccc(/C=C2/N=C(c3sc4ccccc4c3Cl)N(c3cccc(Br)c3)C2=O)c(OC)c1. The highest BCUT2D eigenvalue weighted by Gasteiger charge is 2.35. The highest BCUT2D eigenvalue weighted by atomic mass is 79.9. The van der Waals surface area contributed by atoms with Gasteiger partial charge >= 0.3 is 0 Å². The minimum Gasteiger partial charge on any atom is -0.497 e. The summed E-state index contributed by atoms with van der Waals surface area (Å²) in [5.41, 5.74) is 1.69. The molecule has 0 unspecified atom stereocenters. The van der Waals surface area contributed by atoms with Crippen LogP contribution in [0.4, 0.5) is 5.69 Å². The smallest absolute Gasteiger partial charge is 0.282 e. The third-order valence-electron chi connectivity index (χ3n) is 5.40. The number of halogens is 2. The van der Waals surface area contributed by atoms with Gasteiger partial charge in [-0.1, -0.05) is 51.8 Å². The molecular formula is C26H18BrClN2O3S. The fraction of sp³-hybridized carbons (Fsp3) is 0.0769. The van der Waals surface area contributed by atoms with Crippen LogP contribution in [-0.2, 0) is 4.79 Å². The predicted molar refractivity (Wildman–Crippen MR) is 143 cm³/mol. The lowest BCUT2D eigenvalue weighted by Crippen LogP contribution is -2.32. The fourth-order valence-corrected chi connectivity index (χ4v) is 5.65. The summed E-state index contributed by atoms with van der Waals surface area (Å²) in [4.78, 5) is 20.8. The number of anilines is 1. The molecule has 0 N–H and O–H groups in total. The third-order valence-corrected chi connectivity index (χ3v) is 7.56. The van der Waals surface area contributed by atoms with E-state index in [1.54, 1.807) is 31.3 Å². The van der Waals surface area contributed by atoms with Crippen LogP contribution in [0, 0.1) is 0 Å². The lowest BCUT2D eigenvalue weighted by atomic mass is 10.1. The number of methoxy groups -OCH3 is 2. The van der Waals surface area contributed by atoms with Crippen molar-refractivity contribution in [3.63, 3.8) is 0 Å². The second-order valence-electron chi connectivity index (χ2n) is 7.43. The molecule has 2 heterocycles. The van der Waals surface area contributed by atoms with Gasteiger partial charge in [0.05, 0.1) is 29.8 Å². The van der Waals surface area contributed by atoms with E-state index in [-0.39, 0.29) is 11.6 Å². The minimum atomic E-state index is -0.250. The molecule has 1 aliphatic rings. The molecule has 0 radical (unpaired) electrons. The van der Waals surface area contributed by atoms with E-state index in [2.05, 4.69) is 15.9 Å². The van der Waals surface area contributed by atoms with Crippen LogP contribution in [0.15, 0.2) is 81.9 Å². The topological polar surface area (TPSA) is 51.1 Å². The normalized spacial score (nSPS) is 14.7. The maximum absolute atomic E-state index is 13.7. The van der Waals surface area contributed by atoms with Gasteiger partial charge in [-0.05, 0) is 42.5 Å². The molecule has 0 aliphatic carbocycles. The van der Waals surface area contributed by atoms with E-state index in [1.165, 1.54) is 11.3 Å². The summed E-state index contributed by atoms with van der Waals surface area (Å²) >= 11 is 11.8. The van der Waals surface area contributed by atoms with Crippen molar-refractivity contribution in [2.75, 3.05) is 19.1 Å². The van der Waals surface area contributed by atoms with Gasteiger partial charge in [-0.2, -0.15) is 0 Å². The average molecular weight is 554 g/mol. The van der Waals surface area contributed by atoms with Gasteiger partial charge in [0.2, 0.25) is 0 Å². The highest BCUT2D eigenvalue weighted by Crippen LogP contribution is 2.40. The number of amidine groups is 1. The first kappa shape index (κ1) is 22.7. The minimum absolute atomic E-state index is 0.250. The van der Waals surface area contributed by atoms with Gasteiger partial charge in [0, 0.05) is 26.2 Å². The molecular weight excluding hydrogens is 536 g/mol. The fourth-order valence-electron chi connectivity index (χ4n) is 3.77. The molecule has 5 rings (SSSR count). The molecule has 34 heavy (non-hydrogen) atoms. The van der Waals surface area contributed by atoms with Gasteiger partial charge in [0.25, 0.3) is 5.91 Å². The number of thiophene rings is 1. The highest BCUT2D eigenvalue weighted by molar-refractivity contribution is 9.10. The number of carbonyl (C=O) groups is 1. The number of ether oxygens (including phenoxy) is 2. The molecule has 170 valence electrons. The van der Waals surface area contributed by atoms with E-state index in [0.29, 0.717) is 33.6 Å². The Hall–Kier alpha value is -3.13. The molecule has 3 aromatic carbocycles. The number of amides is 1. The van der Waals surface area contributed by atoms with Crippen molar-refractivity contribution in [2.45, 2.75) is 0 Å². The van der Waals surface area contributed by atoms with Crippen molar-refractivity contribution in [1.29, 1.82) is 0 Å². The second kappa shape index (κ2) is 9.25. The number of benzene rings is 3. The molecule has 1 aliphatic heterocycles. The molecule has 0 bridgehead atoms. The molecule has 4 aromatic rings. The van der Waals surface area contributed by atoms with Gasteiger partial charge in [0.15, 0.2) is 5.84 Å². The second-order valence-corrected chi connectivity index (χ2v) is 9.78. The third kappa shape index (κ3) is 4.00. The molecule has 8 heteroatoms. The van der Waals surface area contributed by atoms with Crippen LogP contribution in [0.25, 0.3) is 16.2 Å². The van der Waals surface area contributed by atoms with Gasteiger partial charge < -0.3 is 9.47 Å². The molecule has 0 fully saturated rings. The molecule has 0 atom stereocenters. The van der Waals surface area contributed by atoms with Crippen molar-refractivity contribution in [2.24, 2.45) is 4.99 Å². The van der Waals surface area contributed by atoms with Gasteiger partial charge in [0.1, 0.15) is 17.2 Å². The Morgan fingerprint density at radius 1 is 1.03 bits per heavy atom. The zero-order valence-electron chi connectivity index (χ0n) is 18.2. The Morgan fingerprint density at radius 2 is 1.85 bits per heavy atom. The largest absolute Gasteiger partial charge is 0.497 e. The lowest BCUT2D eigenvalue weighted by Gasteiger charge is -2.18. The first-order valence-corrected chi connectivity index (χ1v) is 12.3. The van der Waals surface area contributed by atoms with E-state index in [1.807, 2.05) is 60.7 Å². The summed E-state index contributed by atoms with van der Waals surface area (Å²) in [6.45, 7) is 0.